The van der Waals surface area contributed by atoms with E-state index in [1.807, 2.05) is 0 Å². The van der Waals surface area contributed by atoms with Crippen LogP contribution >= 0.6 is 0 Å². The maximum Gasteiger partial charge on any atom is 0.0195 e. The Hall–Kier alpha value is -0.120. The molecule has 0 spiro atoms. The number of rotatable bonds is 7. The van der Waals surface area contributed by atoms with E-state index < -0.39 is 0 Å². The summed E-state index contributed by atoms with van der Waals surface area (Å²) >= 11 is 0. The van der Waals surface area contributed by atoms with Crippen LogP contribution < -0.4 is 5.73 Å². The van der Waals surface area contributed by atoms with Gasteiger partial charge in [-0.05, 0) is 34.0 Å². The number of nitrogens with zero attached hydrogens (tertiary/aromatic N) is 2. The molecule has 2 N–H and O–H groups in total. The lowest BCUT2D eigenvalue weighted by Crippen LogP contribution is -2.45. The minimum Gasteiger partial charge on any atom is -0.327 e. The van der Waals surface area contributed by atoms with Gasteiger partial charge >= 0.3 is 0 Å². The Bertz CT molecular complexity index is 136. The van der Waals surface area contributed by atoms with E-state index in [0.29, 0.717) is 12.1 Å². The molecule has 0 heterocycles. The highest BCUT2D eigenvalue weighted by Gasteiger charge is 2.14. The Morgan fingerprint density at radius 2 is 1.71 bits per heavy atom. The summed E-state index contributed by atoms with van der Waals surface area (Å²) in [5.41, 5.74) is 5.96. The fraction of sp³-hybridized carbons (Fsp3) is 1.00. The van der Waals surface area contributed by atoms with Crippen molar-refractivity contribution in [2.75, 3.05) is 33.7 Å². The van der Waals surface area contributed by atoms with E-state index in [-0.39, 0.29) is 0 Å². The van der Waals surface area contributed by atoms with E-state index >= 15 is 0 Å². The van der Waals surface area contributed by atoms with Crippen LogP contribution in [0.1, 0.15) is 27.2 Å². The van der Waals surface area contributed by atoms with Gasteiger partial charge in [0.25, 0.3) is 0 Å². The van der Waals surface area contributed by atoms with Crippen LogP contribution in [0.15, 0.2) is 0 Å². The molecule has 0 fully saturated rings. The second-order valence-corrected chi connectivity index (χ2v) is 4.37. The molecule has 0 aliphatic carbocycles. The van der Waals surface area contributed by atoms with Gasteiger partial charge in [-0.3, -0.25) is 4.90 Å². The number of likely N-dealkylation sites (N-methyl/N-ethyl adjacent to an activating group) is 2. The van der Waals surface area contributed by atoms with Gasteiger partial charge in [-0.25, -0.2) is 0 Å². The molecule has 0 saturated carbocycles. The summed E-state index contributed by atoms with van der Waals surface area (Å²) in [6.45, 7) is 9.82. The largest absolute Gasteiger partial charge is 0.327 e. The lowest BCUT2D eigenvalue weighted by atomic mass is 10.2. The van der Waals surface area contributed by atoms with Crippen LogP contribution in [0, 0.1) is 0 Å². The first kappa shape index (κ1) is 13.9. The molecule has 0 aliphatic heterocycles. The molecule has 0 amide bonds. The first-order chi connectivity index (χ1) is 6.51. The van der Waals surface area contributed by atoms with Crippen molar-refractivity contribution in [2.24, 2.45) is 5.73 Å². The highest BCUT2D eigenvalue weighted by Crippen LogP contribution is 2.02. The predicted octanol–water partition coefficient (Wildman–Crippen LogP) is 0.996. The lowest BCUT2D eigenvalue weighted by molar-refractivity contribution is 0.171. The van der Waals surface area contributed by atoms with E-state index in [0.717, 1.165) is 26.1 Å². The first-order valence-corrected chi connectivity index (χ1v) is 5.65. The summed E-state index contributed by atoms with van der Waals surface area (Å²) in [5, 5.41) is 0. The Morgan fingerprint density at radius 3 is 2.07 bits per heavy atom. The van der Waals surface area contributed by atoms with Gasteiger partial charge in [0.15, 0.2) is 0 Å². The third kappa shape index (κ3) is 5.58. The average Bonchev–Trinajstić information content (AvgIpc) is 2.12. The van der Waals surface area contributed by atoms with Gasteiger partial charge in [0.05, 0.1) is 0 Å². The van der Waals surface area contributed by atoms with Gasteiger partial charge < -0.3 is 10.6 Å². The molecule has 0 aromatic heterocycles. The summed E-state index contributed by atoms with van der Waals surface area (Å²) in [7, 11) is 4.23. The van der Waals surface area contributed by atoms with Crippen molar-refractivity contribution in [3.05, 3.63) is 0 Å². The van der Waals surface area contributed by atoms with Crippen molar-refractivity contribution in [3.8, 4) is 0 Å². The molecule has 0 aliphatic rings. The summed E-state index contributed by atoms with van der Waals surface area (Å²) in [6, 6.07) is 0.909. The van der Waals surface area contributed by atoms with Crippen LogP contribution in [0.2, 0.25) is 0 Å². The molecule has 0 bridgehead atoms. The van der Waals surface area contributed by atoms with E-state index in [1.165, 1.54) is 0 Å². The molecule has 0 aromatic rings. The molecule has 14 heavy (non-hydrogen) atoms. The van der Waals surface area contributed by atoms with Crippen molar-refractivity contribution in [1.82, 2.24) is 9.80 Å². The highest BCUT2D eigenvalue weighted by atomic mass is 15.2. The van der Waals surface area contributed by atoms with Crippen LogP contribution in [0.5, 0.6) is 0 Å². The summed E-state index contributed by atoms with van der Waals surface area (Å²) in [5.74, 6) is 0. The Balaban J connectivity index is 3.98. The fourth-order valence-corrected chi connectivity index (χ4v) is 1.69. The standard InChI is InChI=1S/C11H27N3/c1-6-11(12)9-14(7-2)10(3)8-13(4)5/h10-11H,6-9,12H2,1-5H3. The van der Waals surface area contributed by atoms with E-state index in [1.54, 1.807) is 0 Å². The Kier molecular flexibility index (Phi) is 7.15. The minimum absolute atomic E-state index is 0.319. The number of nitrogens with two attached hydrogens (primary N) is 1. The maximum atomic E-state index is 5.96. The van der Waals surface area contributed by atoms with Crippen LogP contribution in [0.4, 0.5) is 0 Å². The smallest absolute Gasteiger partial charge is 0.0195 e. The highest BCUT2D eigenvalue weighted by molar-refractivity contribution is 4.73. The molecular formula is C11H27N3. The van der Waals surface area contributed by atoms with Crippen molar-refractivity contribution < 1.29 is 0 Å². The second-order valence-electron chi connectivity index (χ2n) is 4.37. The molecule has 0 rings (SSSR count). The molecule has 3 heteroatoms. The van der Waals surface area contributed by atoms with E-state index in [9.17, 15) is 0 Å². The number of hydrogen-bond acceptors (Lipinski definition) is 3. The monoisotopic (exact) mass is 201 g/mol. The molecule has 3 nitrogen and oxygen atoms in total. The first-order valence-electron chi connectivity index (χ1n) is 5.65. The molecule has 0 aromatic carbocycles. The zero-order chi connectivity index (χ0) is 11.1. The molecule has 0 radical (unpaired) electrons. The molecule has 86 valence electrons. The van der Waals surface area contributed by atoms with E-state index in [2.05, 4.69) is 44.7 Å². The van der Waals surface area contributed by atoms with Crippen molar-refractivity contribution in [2.45, 2.75) is 39.3 Å². The van der Waals surface area contributed by atoms with Crippen molar-refractivity contribution in [1.29, 1.82) is 0 Å². The third-order valence-corrected chi connectivity index (χ3v) is 2.65. The van der Waals surface area contributed by atoms with Gasteiger partial charge in [-0.2, -0.15) is 0 Å². The summed E-state index contributed by atoms with van der Waals surface area (Å²) < 4.78 is 0. The van der Waals surface area contributed by atoms with Crippen molar-refractivity contribution in [3.63, 3.8) is 0 Å². The van der Waals surface area contributed by atoms with Crippen LogP contribution in [0.3, 0.4) is 0 Å². The quantitative estimate of drug-likeness (QED) is 0.667. The fourth-order valence-electron chi connectivity index (χ4n) is 1.69. The Labute approximate surface area is 89.2 Å². The van der Waals surface area contributed by atoms with Crippen LogP contribution in [-0.4, -0.2) is 55.6 Å². The summed E-state index contributed by atoms with van der Waals surface area (Å²) in [4.78, 5) is 4.68. The zero-order valence-electron chi connectivity index (χ0n) is 10.5. The molecule has 2 atom stereocenters. The maximum absolute atomic E-state index is 5.96. The average molecular weight is 201 g/mol. The normalized spacial score (nSPS) is 16.3. The molecule has 0 saturated heterocycles. The topological polar surface area (TPSA) is 32.5 Å². The number of hydrogen-bond donors (Lipinski definition) is 1. The van der Waals surface area contributed by atoms with Gasteiger partial charge in [0.1, 0.15) is 0 Å². The summed E-state index contributed by atoms with van der Waals surface area (Å²) in [6.07, 6.45) is 1.06. The lowest BCUT2D eigenvalue weighted by Gasteiger charge is -2.31. The molecular weight excluding hydrogens is 174 g/mol. The zero-order valence-corrected chi connectivity index (χ0v) is 10.5. The second kappa shape index (κ2) is 7.21. The van der Waals surface area contributed by atoms with Crippen LogP contribution in [-0.2, 0) is 0 Å². The van der Waals surface area contributed by atoms with E-state index in [4.69, 9.17) is 5.73 Å². The SMILES string of the molecule is CCC(N)CN(CC)C(C)CN(C)C. The van der Waals surface area contributed by atoms with Gasteiger partial charge in [0.2, 0.25) is 0 Å². The van der Waals surface area contributed by atoms with Crippen molar-refractivity contribution >= 4 is 0 Å². The predicted molar refractivity (Wildman–Crippen MR) is 63.5 cm³/mol. The van der Waals surface area contributed by atoms with Gasteiger partial charge in [-0.15, -0.1) is 0 Å². The third-order valence-electron chi connectivity index (χ3n) is 2.65. The van der Waals surface area contributed by atoms with Gasteiger partial charge in [0, 0.05) is 25.2 Å². The van der Waals surface area contributed by atoms with Crippen LogP contribution in [0.25, 0.3) is 0 Å². The molecule has 2 unspecified atom stereocenters. The van der Waals surface area contributed by atoms with Gasteiger partial charge in [-0.1, -0.05) is 13.8 Å². The Morgan fingerprint density at radius 1 is 1.14 bits per heavy atom. The minimum atomic E-state index is 0.319.